The molecule has 0 bridgehead atoms. The van der Waals surface area contributed by atoms with E-state index in [-0.39, 0.29) is 6.10 Å². The van der Waals surface area contributed by atoms with E-state index in [4.69, 9.17) is 9.47 Å². The Kier molecular flexibility index (Phi) is 4.77. The molecule has 0 radical (unpaired) electrons. The number of hydrogen-bond acceptors (Lipinski definition) is 3. The van der Waals surface area contributed by atoms with E-state index >= 15 is 0 Å². The fourth-order valence-corrected chi connectivity index (χ4v) is 1.40. The second-order valence-corrected chi connectivity index (χ2v) is 4.07. The van der Waals surface area contributed by atoms with Crippen LogP contribution in [-0.4, -0.2) is 24.9 Å². The Morgan fingerprint density at radius 2 is 2.00 bits per heavy atom. The van der Waals surface area contributed by atoms with Gasteiger partial charge in [-0.25, -0.2) is 0 Å². The topological polar surface area (TPSA) is 38.7 Å². The highest BCUT2D eigenvalue weighted by atomic mass is 16.5. The summed E-state index contributed by atoms with van der Waals surface area (Å²) in [7, 11) is 1.65. The van der Waals surface area contributed by atoms with Gasteiger partial charge in [0.25, 0.3) is 0 Å². The van der Waals surface area contributed by atoms with Gasteiger partial charge >= 0.3 is 0 Å². The standard InChI is InChI=1S/C13H20O3/c1-9-5-6-13(12(7-9)11(3)14)16-8-10(2)15-4/h5-7,10-11,14H,8H2,1-4H3/t10?,11-/m1/s1. The van der Waals surface area contributed by atoms with Crippen molar-refractivity contribution in [1.29, 1.82) is 0 Å². The van der Waals surface area contributed by atoms with E-state index < -0.39 is 6.10 Å². The van der Waals surface area contributed by atoms with Gasteiger partial charge < -0.3 is 14.6 Å². The molecule has 3 nitrogen and oxygen atoms in total. The SMILES string of the molecule is COC(C)COc1ccc(C)cc1[C@@H](C)O. The van der Waals surface area contributed by atoms with Crippen LogP contribution in [-0.2, 0) is 4.74 Å². The van der Waals surface area contributed by atoms with Crippen LogP contribution in [0.2, 0.25) is 0 Å². The molecular weight excluding hydrogens is 204 g/mol. The van der Waals surface area contributed by atoms with Crippen LogP contribution in [0.1, 0.15) is 31.1 Å². The minimum absolute atomic E-state index is 0.0446. The lowest BCUT2D eigenvalue weighted by Gasteiger charge is -2.16. The summed E-state index contributed by atoms with van der Waals surface area (Å²) in [6.07, 6.45) is -0.476. The number of ether oxygens (including phenoxy) is 2. The van der Waals surface area contributed by atoms with Crippen molar-refractivity contribution in [2.24, 2.45) is 0 Å². The third-order valence-electron chi connectivity index (χ3n) is 2.49. The Balaban J connectivity index is 2.78. The van der Waals surface area contributed by atoms with Crippen molar-refractivity contribution in [2.75, 3.05) is 13.7 Å². The molecule has 1 aromatic rings. The number of rotatable bonds is 5. The van der Waals surface area contributed by atoms with Gasteiger partial charge in [-0.3, -0.25) is 0 Å². The first kappa shape index (κ1) is 13.0. The second-order valence-electron chi connectivity index (χ2n) is 4.07. The van der Waals surface area contributed by atoms with Crippen LogP contribution >= 0.6 is 0 Å². The zero-order valence-corrected chi connectivity index (χ0v) is 10.4. The molecular formula is C13H20O3. The van der Waals surface area contributed by atoms with Crippen LogP contribution in [0.25, 0.3) is 0 Å². The molecule has 1 N–H and O–H groups in total. The Labute approximate surface area is 97.0 Å². The molecule has 3 heteroatoms. The van der Waals surface area contributed by atoms with E-state index in [1.54, 1.807) is 14.0 Å². The maximum Gasteiger partial charge on any atom is 0.125 e. The minimum Gasteiger partial charge on any atom is -0.491 e. The molecule has 2 atom stereocenters. The van der Waals surface area contributed by atoms with Crippen molar-refractivity contribution in [2.45, 2.75) is 33.0 Å². The molecule has 1 rings (SSSR count). The van der Waals surface area contributed by atoms with Crippen LogP contribution in [0.4, 0.5) is 0 Å². The quantitative estimate of drug-likeness (QED) is 0.835. The summed E-state index contributed by atoms with van der Waals surface area (Å²) in [4.78, 5) is 0. The van der Waals surface area contributed by atoms with Gasteiger partial charge in [-0.2, -0.15) is 0 Å². The summed E-state index contributed by atoms with van der Waals surface area (Å²) in [6, 6.07) is 5.80. The van der Waals surface area contributed by atoms with Gasteiger partial charge in [0.1, 0.15) is 12.4 Å². The first-order valence-corrected chi connectivity index (χ1v) is 5.48. The molecule has 0 spiro atoms. The predicted molar refractivity (Wildman–Crippen MR) is 63.8 cm³/mol. The zero-order chi connectivity index (χ0) is 12.1. The molecule has 0 amide bonds. The van der Waals surface area contributed by atoms with E-state index in [1.807, 2.05) is 32.0 Å². The van der Waals surface area contributed by atoms with Gasteiger partial charge in [0, 0.05) is 12.7 Å². The first-order valence-electron chi connectivity index (χ1n) is 5.48. The van der Waals surface area contributed by atoms with Crippen molar-refractivity contribution in [1.82, 2.24) is 0 Å². The van der Waals surface area contributed by atoms with Crippen molar-refractivity contribution in [3.05, 3.63) is 29.3 Å². The lowest BCUT2D eigenvalue weighted by Crippen LogP contribution is -2.16. The Morgan fingerprint density at radius 3 is 2.56 bits per heavy atom. The zero-order valence-electron chi connectivity index (χ0n) is 10.4. The molecule has 0 fully saturated rings. The summed E-state index contributed by atoms with van der Waals surface area (Å²) in [5.41, 5.74) is 1.94. The molecule has 0 aliphatic heterocycles. The third-order valence-corrected chi connectivity index (χ3v) is 2.49. The van der Waals surface area contributed by atoms with Gasteiger partial charge in [0.15, 0.2) is 0 Å². The van der Waals surface area contributed by atoms with E-state index in [0.29, 0.717) is 6.61 Å². The number of aliphatic hydroxyl groups excluding tert-OH is 1. The van der Waals surface area contributed by atoms with E-state index in [0.717, 1.165) is 16.9 Å². The van der Waals surface area contributed by atoms with Gasteiger partial charge in [0.2, 0.25) is 0 Å². The molecule has 90 valence electrons. The lowest BCUT2D eigenvalue weighted by molar-refractivity contribution is 0.0700. The van der Waals surface area contributed by atoms with Crippen LogP contribution in [0.5, 0.6) is 5.75 Å². The number of benzene rings is 1. The fraction of sp³-hybridized carbons (Fsp3) is 0.538. The number of hydrogen-bond donors (Lipinski definition) is 1. The average molecular weight is 224 g/mol. The van der Waals surface area contributed by atoms with Crippen LogP contribution in [0, 0.1) is 6.92 Å². The summed E-state index contributed by atoms with van der Waals surface area (Å²) < 4.78 is 10.7. The van der Waals surface area contributed by atoms with Gasteiger partial charge in [-0.15, -0.1) is 0 Å². The highest BCUT2D eigenvalue weighted by molar-refractivity contribution is 5.38. The maximum absolute atomic E-state index is 9.64. The molecule has 0 aliphatic carbocycles. The number of methoxy groups -OCH3 is 1. The number of aliphatic hydroxyl groups is 1. The minimum atomic E-state index is -0.521. The molecule has 0 saturated heterocycles. The molecule has 0 aliphatic rings. The largest absolute Gasteiger partial charge is 0.491 e. The Morgan fingerprint density at radius 1 is 1.31 bits per heavy atom. The highest BCUT2D eigenvalue weighted by Crippen LogP contribution is 2.26. The number of aryl methyl sites for hydroxylation is 1. The summed E-state index contributed by atoms with van der Waals surface area (Å²) in [5, 5.41) is 9.64. The van der Waals surface area contributed by atoms with E-state index in [9.17, 15) is 5.11 Å². The fourth-order valence-electron chi connectivity index (χ4n) is 1.40. The van der Waals surface area contributed by atoms with E-state index in [2.05, 4.69) is 0 Å². The third kappa shape index (κ3) is 3.51. The van der Waals surface area contributed by atoms with E-state index in [1.165, 1.54) is 0 Å². The van der Waals surface area contributed by atoms with Crippen LogP contribution < -0.4 is 4.74 Å². The molecule has 0 aromatic heterocycles. The van der Waals surface area contributed by atoms with Crippen molar-refractivity contribution >= 4 is 0 Å². The van der Waals surface area contributed by atoms with Crippen molar-refractivity contribution < 1.29 is 14.6 Å². The van der Waals surface area contributed by atoms with Crippen LogP contribution in [0.3, 0.4) is 0 Å². The van der Waals surface area contributed by atoms with Crippen molar-refractivity contribution in [3.63, 3.8) is 0 Å². The average Bonchev–Trinajstić information content (AvgIpc) is 2.26. The Bertz CT molecular complexity index is 334. The van der Waals surface area contributed by atoms with Gasteiger partial charge in [-0.1, -0.05) is 11.6 Å². The van der Waals surface area contributed by atoms with Crippen molar-refractivity contribution in [3.8, 4) is 5.75 Å². The highest BCUT2D eigenvalue weighted by Gasteiger charge is 2.10. The summed E-state index contributed by atoms with van der Waals surface area (Å²) in [6.45, 7) is 6.16. The summed E-state index contributed by atoms with van der Waals surface area (Å²) in [5.74, 6) is 0.726. The molecule has 1 unspecified atom stereocenters. The maximum atomic E-state index is 9.64. The smallest absolute Gasteiger partial charge is 0.125 e. The second kappa shape index (κ2) is 5.87. The monoisotopic (exact) mass is 224 g/mol. The summed E-state index contributed by atoms with van der Waals surface area (Å²) >= 11 is 0. The predicted octanol–water partition coefficient (Wildman–Crippen LogP) is 2.46. The first-order chi connectivity index (χ1) is 7.54. The van der Waals surface area contributed by atoms with Gasteiger partial charge in [-0.05, 0) is 32.9 Å². The van der Waals surface area contributed by atoms with Crippen LogP contribution in [0.15, 0.2) is 18.2 Å². The molecule has 16 heavy (non-hydrogen) atoms. The molecule has 1 aromatic carbocycles. The molecule has 0 saturated carbocycles. The normalized spacial score (nSPS) is 14.6. The molecule has 0 heterocycles. The van der Waals surface area contributed by atoms with Gasteiger partial charge in [0.05, 0.1) is 12.2 Å². The lowest BCUT2D eigenvalue weighted by atomic mass is 10.1. The Hall–Kier alpha value is -1.06.